The van der Waals surface area contributed by atoms with Gasteiger partial charge in [-0.1, -0.05) is 36.0 Å². The van der Waals surface area contributed by atoms with Crippen LogP contribution in [0.3, 0.4) is 0 Å². The van der Waals surface area contributed by atoms with Crippen LogP contribution in [0.25, 0.3) is 0 Å². The van der Waals surface area contributed by atoms with Crippen LogP contribution in [-0.4, -0.2) is 20.2 Å². The lowest BCUT2D eigenvalue weighted by atomic mass is 10.0. The molecule has 0 aliphatic heterocycles. The zero-order chi connectivity index (χ0) is 15.5. The summed E-state index contributed by atoms with van der Waals surface area (Å²) in [5, 5.41) is 11.8. The molecule has 0 amide bonds. The summed E-state index contributed by atoms with van der Waals surface area (Å²) < 4.78 is 27.9. The van der Waals surface area contributed by atoms with Gasteiger partial charge in [-0.3, -0.25) is 0 Å². The molecular weight excluding hydrogens is 306 g/mol. The number of nitrogens with zero attached hydrogens (tertiary/aromatic N) is 4. The lowest BCUT2D eigenvalue weighted by Gasteiger charge is -2.16. The molecule has 0 unspecified atom stereocenters. The fraction of sp³-hybridized carbons (Fsp3) is 0.133. The van der Waals surface area contributed by atoms with E-state index >= 15 is 0 Å². The Morgan fingerprint density at radius 3 is 1.82 bits per heavy atom. The second-order valence-electron chi connectivity index (χ2n) is 4.69. The van der Waals surface area contributed by atoms with Gasteiger partial charge in [0.2, 0.25) is 5.16 Å². The maximum atomic E-state index is 13.2. The SMILES string of the molecule is Cn1nnnc1SC(c1ccc(F)cc1)c1ccc(F)cc1. The average molecular weight is 318 g/mol. The van der Waals surface area contributed by atoms with E-state index in [1.54, 1.807) is 36.0 Å². The maximum absolute atomic E-state index is 13.2. The predicted octanol–water partition coefficient (Wildman–Crippen LogP) is 3.37. The Morgan fingerprint density at radius 2 is 1.41 bits per heavy atom. The summed E-state index contributed by atoms with van der Waals surface area (Å²) in [6.07, 6.45) is 0. The highest BCUT2D eigenvalue weighted by molar-refractivity contribution is 7.99. The summed E-state index contributed by atoms with van der Waals surface area (Å²) >= 11 is 1.42. The van der Waals surface area contributed by atoms with Gasteiger partial charge in [0.15, 0.2) is 0 Å². The topological polar surface area (TPSA) is 43.6 Å². The highest BCUT2D eigenvalue weighted by Crippen LogP contribution is 2.39. The first-order valence-corrected chi connectivity index (χ1v) is 7.41. The van der Waals surface area contributed by atoms with Gasteiger partial charge in [0.05, 0.1) is 5.25 Å². The van der Waals surface area contributed by atoms with Crippen LogP contribution in [-0.2, 0) is 7.05 Å². The summed E-state index contributed by atoms with van der Waals surface area (Å²) in [4.78, 5) is 0. The highest BCUT2D eigenvalue weighted by atomic mass is 32.2. The second kappa shape index (κ2) is 6.23. The van der Waals surface area contributed by atoms with Crippen molar-refractivity contribution in [2.24, 2.45) is 7.05 Å². The molecule has 22 heavy (non-hydrogen) atoms. The molecule has 0 N–H and O–H groups in total. The predicted molar refractivity (Wildman–Crippen MR) is 79.3 cm³/mol. The molecule has 1 aromatic heterocycles. The van der Waals surface area contributed by atoms with Crippen LogP contribution in [0.15, 0.2) is 53.7 Å². The standard InChI is InChI=1S/C15H12F2N4S/c1-21-15(18-19-20-21)22-14(10-2-6-12(16)7-3-10)11-4-8-13(17)9-5-11/h2-9,14H,1H3. The molecule has 1 heterocycles. The van der Waals surface area contributed by atoms with Crippen LogP contribution in [0.5, 0.6) is 0 Å². The zero-order valence-electron chi connectivity index (χ0n) is 11.6. The molecule has 0 saturated heterocycles. The van der Waals surface area contributed by atoms with Crippen molar-refractivity contribution < 1.29 is 8.78 Å². The number of rotatable bonds is 4. The largest absolute Gasteiger partial charge is 0.224 e. The normalized spacial score (nSPS) is 11.1. The molecule has 3 aromatic rings. The molecule has 0 atom stereocenters. The number of halogens is 2. The van der Waals surface area contributed by atoms with Gasteiger partial charge in [-0.2, -0.15) is 0 Å². The Balaban J connectivity index is 1.99. The van der Waals surface area contributed by atoms with Crippen LogP contribution < -0.4 is 0 Å². The van der Waals surface area contributed by atoms with Crippen molar-refractivity contribution in [2.45, 2.75) is 10.4 Å². The first-order chi connectivity index (χ1) is 10.6. The van der Waals surface area contributed by atoms with Crippen molar-refractivity contribution in [2.75, 3.05) is 0 Å². The molecule has 0 aliphatic rings. The van der Waals surface area contributed by atoms with Crippen LogP contribution in [0.2, 0.25) is 0 Å². The van der Waals surface area contributed by atoms with E-state index in [-0.39, 0.29) is 16.9 Å². The first-order valence-electron chi connectivity index (χ1n) is 6.53. The molecule has 4 nitrogen and oxygen atoms in total. The minimum atomic E-state index is -0.299. The lowest BCUT2D eigenvalue weighted by molar-refractivity contribution is 0.626. The lowest BCUT2D eigenvalue weighted by Crippen LogP contribution is -2.01. The van der Waals surface area contributed by atoms with Crippen LogP contribution in [0.1, 0.15) is 16.4 Å². The van der Waals surface area contributed by atoms with Crippen molar-refractivity contribution in [3.05, 3.63) is 71.3 Å². The average Bonchev–Trinajstić information content (AvgIpc) is 2.92. The van der Waals surface area contributed by atoms with Crippen molar-refractivity contribution in [1.82, 2.24) is 20.2 Å². The highest BCUT2D eigenvalue weighted by Gasteiger charge is 2.19. The summed E-state index contributed by atoms with van der Waals surface area (Å²) in [7, 11) is 1.74. The molecule has 0 aliphatic carbocycles. The van der Waals surface area contributed by atoms with Gasteiger partial charge in [0.1, 0.15) is 11.6 Å². The van der Waals surface area contributed by atoms with E-state index in [0.717, 1.165) is 11.1 Å². The number of benzene rings is 2. The summed E-state index contributed by atoms with van der Waals surface area (Å²) in [6, 6.07) is 12.5. The van der Waals surface area contributed by atoms with Gasteiger partial charge in [0, 0.05) is 7.05 Å². The molecule has 2 aromatic carbocycles. The van der Waals surface area contributed by atoms with E-state index in [0.29, 0.717) is 5.16 Å². The fourth-order valence-electron chi connectivity index (χ4n) is 2.03. The minimum absolute atomic E-state index is 0.161. The Hall–Kier alpha value is -2.28. The minimum Gasteiger partial charge on any atom is -0.224 e. The quantitative estimate of drug-likeness (QED) is 0.692. The third-order valence-corrected chi connectivity index (χ3v) is 4.49. The molecule has 112 valence electrons. The van der Waals surface area contributed by atoms with Gasteiger partial charge >= 0.3 is 0 Å². The third-order valence-electron chi connectivity index (χ3n) is 3.15. The van der Waals surface area contributed by atoms with Crippen molar-refractivity contribution >= 4 is 11.8 Å². The molecule has 3 rings (SSSR count). The van der Waals surface area contributed by atoms with Crippen LogP contribution >= 0.6 is 11.8 Å². The molecule has 0 fully saturated rings. The number of aromatic nitrogens is 4. The fourth-order valence-corrected chi connectivity index (χ4v) is 3.10. The van der Waals surface area contributed by atoms with Crippen molar-refractivity contribution in [3.8, 4) is 0 Å². The van der Waals surface area contributed by atoms with Gasteiger partial charge in [0.25, 0.3) is 0 Å². The van der Waals surface area contributed by atoms with Gasteiger partial charge in [-0.25, -0.2) is 13.5 Å². The molecule has 7 heteroatoms. The molecular formula is C15H12F2N4S. The van der Waals surface area contributed by atoms with E-state index in [2.05, 4.69) is 15.5 Å². The Kier molecular flexibility index (Phi) is 4.15. The Morgan fingerprint density at radius 1 is 0.909 bits per heavy atom. The van der Waals surface area contributed by atoms with Crippen molar-refractivity contribution in [1.29, 1.82) is 0 Å². The monoisotopic (exact) mass is 318 g/mol. The summed E-state index contributed by atoms with van der Waals surface area (Å²) in [5.41, 5.74) is 1.78. The van der Waals surface area contributed by atoms with Crippen molar-refractivity contribution in [3.63, 3.8) is 0 Å². The van der Waals surface area contributed by atoms with Gasteiger partial charge in [-0.05, 0) is 45.8 Å². The second-order valence-corrected chi connectivity index (χ2v) is 5.76. The Bertz CT molecular complexity index is 710. The number of thioether (sulfide) groups is 1. The van der Waals surface area contributed by atoms with E-state index in [1.165, 1.54) is 36.0 Å². The first kappa shape index (κ1) is 14.6. The molecule has 0 bridgehead atoms. The number of tetrazole rings is 1. The van der Waals surface area contributed by atoms with Crippen LogP contribution in [0.4, 0.5) is 8.78 Å². The summed E-state index contributed by atoms with van der Waals surface area (Å²) in [5.74, 6) is -0.598. The van der Waals surface area contributed by atoms with Gasteiger partial charge in [-0.15, -0.1) is 5.10 Å². The number of hydrogen-bond donors (Lipinski definition) is 0. The number of hydrogen-bond acceptors (Lipinski definition) is 4. The van der Waals surface area contributed by atoms with E-state index in [4.69, 9.17) is 0 Å². The third kappa shape index (κ3) is 3.14. The molecule has 0 saturated carbocycles. The van der Waals surface area contributed by atoms with E-state index in [9.17, 15) is 8.78 Å². The van der Waals surface area contributed by atoms with Crippen LogP contribution in [0, 0.1) is 11.6 Å². The van der Waals surface area contributed by atoms with E-state index < -0.39 is 0 Å². The molecule has 0 radical (unpaired) electrons. The maximum Gasteiger partial charge on any atom is 0.209 e. The smallest absolute Gasteiger partial charge is 0.209 e. The number of aryl methyl sites for hydroxylation is 1. The summed E-state index contributed by atoms with van der Waals surface area (Å²) in [6.45, 7) is 0. The van der Waals surface area contributed by atoms with E-state index in [1.807, 2.05) is 0 Å². The molecule has 0 spiro atoms. The van der Waals surface area contributed by atoms with Gasteiger partial charge < -0.3 is 0 Å². The zero-order valence-corrected chi connectivity index (χ0v) is 12.5. The Labute approximate surface area is 130 Å².